The Bertz CT molecular complexity index is 1430. The second-order valence-electron chi connectivity index (χ2n) is 10.0. The van der Waals surface area contributed by atoms with Gasteiger partial charge in [-0.1, -0.05) is 12.1 Å². The Kier molecular flexibility index (Phi) is 4.96. The number of fused-ring (bicyclic) bond motifs is 7. The van der Waals surface area contributed by atoms with Crippen LogP contribution < -0.4 is 10.0 Å². The van der Waals surface area contributed by atoms with E-state index >= 15 is 0 Å². The molecule has 35 heavy (non-hydrogen) atoms. The maximum absolute atomic E-state index is 13.2. The van der Waals surface area contributed by atoms with E-state index in [1.807, 2.05) is 12.1 Å². The first-order valence-electron chi connectivity index (χ1n) is 11.9. The van der Waals surface area contributed by atoms with Gasteiger partial charge in [-0.3, -0.25) is 0 Å². The average molecular weight is 494 g/mol. The molecule has 2 heterocycles. The van der Waals surface area contributed by atoms with Gasteiger partial charge in [0.05, 0.1) is 22.2 Å². The van der Waals surface area contributed by atoms with Crippen LogP contribution in [-0.2, 0) is 10.0 Å². The zero-order valence-electron chi connectivity index (χ0n) is 19.5. The lowest BCUT2D eigenvalue weighted by Crippen LogP contribution is -2.35. The Labute approximate surface area is 203 Å². The molecule has 5 unspecified atom stereocenters. The highest BCUT2D eigenvalue weighted by Gasteiger charge is 2.54. The van der Waals surface area contributed by atoms with Gasteiger partial charge in [0.25, 0.3) is 10.0 Å². The molecule has 9 heteroatoms. The number of aromatic nitrogens is 1. The van der Waals surface area contributed by atoms with Crippen molar-refractivity contribution in [1.82, 2.24) is 4.98 Å². The number of carbonyl (C=O) groups is 1. The highest BCUT2D eigenvalue weighted by molar-refractivity contribution is 7.92. The number of hydrogen-bond acceptors (Lipinski definition) is 6. The summed E-state index contributed by atoms with van der Waals surface area (Å²) >= 11 is 0. The summed E-state index contributed by atoms with van der Waals surface area (Å²) in [5.74, 6) is 1.17. The predicted octanol–water partition coefficient (Wildman–Crippen LogP) is 5.09. The molecule has 3 aliphatic rings. The Balaban J connectivity index is 1.38. The molecule has 2 bridgehead atoms. The van der Waals surface area contributed by atoms with E-state index in [4.69, 9.17) is 4.42 Å². The number of oxazole rings is 1. The molecule has 1 aromatic heterocycles. The van der Waals surface area contributed by atoms with Gasteiger partial charge in [-0.15, -0.1) is 0 Å². The lowest BCUT2D eigenvalue weighted by Gasteiger charge is -2.43. The quantitative estimate of drug-likeness (QED) is 0.453. The summed E-state index contributed by atoms with van der Waals surface area (Å²) in [7, 11) is -3.87. The molecule has 3 N–H and O–H groups in total. The number of anilines is 2. The number of nitrogens with one attached hydrogen (secondary N) is 2. The van der Waals surface area contributed by atoms with Crippen LogP contribution >= 0.6 is 0 Å². The fourth-order valence-electron chi connectivity index (χ4n) is 6.52. The van der Waals surface area contributed by atoms with Crippen LogP contribution in [0.1, 0.15) is 64.2 Å². The molecule has 3 aromatic rings. The minimum Gasteiger partial charge on any atom is -0.478 e. The van der Waals surface area contributed by atoms with Crippen LogP contribution in [0.25, 0.3) is 0 Å². The first kappa shape index (κ1) is 22.2. The molecule has 0 spiro atoms. The van der Waals surface area contributed by atoms with Crippen molar-refractivity contribution in [2.45, 2.75) is 50.0 Å². The second kappa shape index (κ2) is 7.84. The summed E-state index contributed by atoms with van der Waals surface area (Å²) in [4.78, 5) is 15.9. The highest BCUT2D eigenvalue weighted by Crippen LogP contribution is 2.63. The minimum atomic E-state index is -3.87. The van der Waals surface area contributed by atoms with E-state index in [-0.39, 0.29) is 34.4 Å². The fraction of sp³-hybridized carbons (Fsp3) is 0.385. The summed E-state index contributed by atoms with van der Waals surface area (Å²) < 4.78 is 34.2. The summed E-state index contributed by atoms with van der Waals surface area (Å²) in [6.45, 7) is 3.50. The van der Waals surface area contributed by atoms with Crippen LogP contribution in [0.15, 0.2) is 51.8 Å². The number of carboxylic acids is 1. The predicted molar refractivity (Wildman–Crippen MR) is 130 cm³/mol. The summed E-state index contributed by atoms with van der Waals surface area (Å²) in [6, 6.07) is 12.3. The number of aromatic carboxylic acids is 1. The van der Waals surface area contributed by atoms with Gasteiger partial charge in [-0.25, -0.2) is 17.9 Å². The van der Waals surface area contributed by atoms with Gasteiger partial charge in [0.1, 0.15) is 5.76 Å². The number of sulfonamides is 1. The number of carboxylic acid groups (broad SMARTS) is 1. The number of nitrogens with zero attached hydrogens (tertiary/aromatic N) is 1. The minimum absolute atomic E-state index is 0.0130. The van der Waals surface area contributed by atoms with Crippen LogP contribution in [-0.4, -0.2) is 24.5 Å². The number of benzene rings is 2. The van der Waals surface area contributed by atoms with E-state index in [1.54, 1.807) is 44.2 Å². The Morgan fingerprint density at radius 1 is 1.14 bits per heavy atom. The van der Waals surface area contributed by atoms with Gasteiger partial charge in [-0.05, 0) is 98.2 Å². The van der Waals surface area contributed by atoms with Crippen molar-refractivity contribution in [3.05, 3.63) is 70.6 Å². The van der Waals surface area contributed by atoms with Crippen LogP contribution in [0.2, 0.25) is 0 Å². The van der Waals surface area contributed by atoms with E-state index in [1.165, 1.54) is 0 Å². The summed E-state index contributed by atoms with van der Waals surface area (Å²) in [5.41, 5.74) is 3.81. The molecule has 2 fully saturated rings. The molecule has 0 amide bonds. The van der Waals surface area contributed by atoms with Crippen molar-refractivity contribution in [3.63, 3.8) is 0 Å². The van der Waals surface area contributed by atoms with Crippen LogP contribution in [0.3, 0.4) is 0 Å². The van der Waals surface area contributed by atoms with E-state index in [0.29, 0.717) is 23.3 Å². The number of rotatable bonds is 5. The zero-order chi connectivity index (χ0) is 24.5. The SMILES string of the molecule is Cc1nc(NS(=O)(=O)c2ccc3c(c2)C2C4CCC(C4)C2C(c2cccc(C(=O)O)c2)N3)oc1C. The van der Waals surface area contributed by atoms with Crippen LogP contribution in [0, 0.1) is 31.6 Å². The topological polar surface area (TPSA) is 122 Å². The Hall–Kier alpha value is -3.33. The Morgan fingerprint density at radius 2 is 1.94 bits per heavy atom. The summed E-state index contributed by atoms with van der Waals surface area (Å²) in [6.07, 6.45) is 3.41. The largest absolute Gasteiger partial charge is 0.478 e. The van der Waals surface area contributed by atoms with E-state index in [9.17, 15) is 18.3 Å². The second-order valence-corrected chi connectivity index (χ2v) is 11.7. The molecule has 2 saturated carbocycles. The molecule has 0 saturated heterocycles. The number of hydrogen-bond donors (Lipinski definition) is 3. The number of aryl methyl sites for hydroxylation is 2. The molecule has 5 atom stereocenters. The maximum Gasteiger partial charge on any atom is 0.335 e. The molecule has 2 aliphatic carbocycles. The van der Waals surface area contributed by atoms with E-state index < -0.39 is 16.0 Å². The molecule has 2 aromatic carbocycles. The average Bonchev–Trinajstić information content (AvgIpc) is 3.53. The first-order valence-corrected chi connectivity index (χ1v) is 13.4. The van der Waals surface area contributed by atoms with Crippen LogP contribution in [0.4, 0.5) is 11.7 Å². The van der Waals surface area contributed by atoms with Crippen LogP contribution in [0.5, 0.6) is 0 Å². The smallest absolute Gasteiger partial charge is 0.335 e. The molecular weight excluding hydrogens is 466 g/mol. The van der Waals surface area contributed by atoms with Crippen molar-refractivity contribution < 1.29 is 22.7 Å². The fourth-order valence-corrected chi connectivity index (χ4v) is 7.48. The van der Waals surface area contributed by atoms with Gasteiger partial charge in [0.15, 0.2) is 0 Å². The molecule has 1 aliphatic heterocycles. The third-order valence-electron chi connectivity index (χ3n) is 8.11. The molecular formula is C26H27N3O5S. The van der Waals surface area contributed by atoms with Crippen molar-refractivity contribution in [2.75, 3.05) is 10.0 Å². The first-order chi connectivity index (χ1) is 16.7. The van der Waals surface area contributed by atoms with Gasteiger partial charge in [-0.2, -0.15) is 4.98 Å². The normalized spacial score (nSPS) is 26.6. The van der Waals surface area contributed by atoms with Gasteiger partial charge in [0.2, 0.25) is 0 Å². The maximum atomic E-state index is 13.2. The van der Waals surface area contributed by atoms with E-state index in [2.05, 4.69) is 15.0 Å². The third kappa shape index (κ3) is 3.60. The third-order valence-corrected chi connectivity index (χ3v) is 9.43. The van der Waals surface area contributed by atoms with Crippen molar-refractivity contribution in [3.8, 4) is 0 Å². The molecule has 0 radical (unpaired) electrons. The lowest BCUT2D eigenvalue weighted by molar-refractivity contribution is 0.0696. The van der Waals surface area contributed by atoms with Crippen molar-refractivity contribution in [2.24, 2.45) is 17.8 Å². The lowest BCUT2D eigenvalue weighted by atomic mass is 9.68. The molecule has 182 valence electrons. The van der Waals surface area contributed by atoms with Gasteiger partial charge >= 0.3 is 12.0 Å². The van der Waals surface area contributed by atoms with Crippen molar-refractivity contribution >= 4 is 27.7 Å². The standard InChI is InChI=1S/C26H27N3O5S/c1-13-14(2)34-26(27-13)29-35(32,33)19-8-9-21-20(12-19)22-15-6-7-16(10-15)23(22)24(28-21)17-4-3-5-18(11-17)25(30)31/h3-5,8-9,11-12,15-16,22-24,28H,6-7,10H2,1-2H3,(H,27,29)(H,30,31). The van der Waals surface area contributed by atoms with Crippen molar-refractivity contribution in [1.29, 1.82) is 0 Å². The summed E-state index contributed by atoms with van der Waals surface area (Å²) in [5, 5.41) is 13.1. The van der Waals surface area contributed by atoms with Gasteiger partial charge < -0.3 is 14.8 Å². The molecule has 6 rings (SSSR count). The highest BCUT2D eigenvalue weighted by atomic mass is 32.2. The monoisotopic (exact) mass is 493 g/mol. The Morgan fingerprint density at radius 3 is 2.69 bits per heavy atom. The van der Waals surface area contributed by atoms with Gasteiger partial charge in [0, 0.05) is 5.69 Å². The van der Waals surface area contributed by atoms with E-state index in [0.717, 1.165) is 36.1 Å². The zero-order valence-corrected chi connectivity index (χ0v) is 20.3. The molecule has 8 nitrogen and oxygen atoms in total.